The number of alkyl halides is 3. The van der Waals surface area contributed by atoms with Crippen molar-refractivity contribution in [1.29, 1.82) is 0 Å². The minimum Gasteiger partial charge on any atom is -0.406 e. The van der Waals surface area contributed by atoms with E-state index in [0.29, 0.717) is 34.1 Å². The summed E-state index contributed by atoms with van der Waals surface area (Å²) in [7, 11) is 0. The van der Waals surface area contributed by atoms with Crippen molar-refractivity contribution in [2.45, 2.75) is 39.5 Å². The van der Waals surface area contributed by atoms with Gasteiger partial charge in [-0.1, -0.05) is 42.1 Å². The summed E-state index contributed by atoms with van der Waals surface area (Å²) < 4.78 is 42.7. The Balaban J connectivity index is 1.11. The average molecular weight is 639 g/mol. The van der Waals surface area contributed by atoms with Crippen LogP contribution in [-0.2, 0) is 11.2 Å². The van der Waals surface area contributed by atoms with E-state index < -0.39 is 6.36 Å². The van der Waals surface area contributed by atoms with E-state index in [4.69, 9.17) is 12.2 Å². The number of aromatic nitrogens is 3. The molecule has 228 valence electrons. The van der Waals surface area contributed by atoms with Crippen LogP contribution in [0.3, 0.4) is 0 Å². The fraction of sp³-hybridized carbons (Fsp3) is 0.258. The fourth-order valence-corrected chi connectivity index (χ4v) is 5.72. The molecule has 0 radical (unpaired) electrons. The second-order valence-electron chi connectivity index (χ2n) is 10.1. The number of benzene rings is 3. The van der Waals surface area contributed by atoms with E-state index in [-0.39, 0.29) is 11.7 Å². The lowest BCUT2D eigenvalue weighted by molar-refractivity contribution is -0.274. The van der Waals surface area contributed by atoms with Gasteiger partial charge in [-0.2, -0.15) is 4.99 Å². The summed E-state index contributed by atoms with van der Waals surface area (Å²) in [6.45, 7) is 4.61. The van der Waals surface area contributed by atoms with E-state index in [9.17, 15) is 18.0 Å². The van der Waals surface area contributed by atoms with E-state index in [1.165, 1.54) is 47.0 Å². The van der Waals surface area contributed by atoms with Gasteiger partial charge in [0, 0.05) is 12.1 Å². The van der Waals surface area contributed by atoms with Crippen LogP contribution < -0.4 is 15.0 Å². The monoisotopic (exact) mass is 638 g/mol. The van der Waals surface area contributed by atoms with Crippen molar-refractivity contribution in [2.75, 3.05) is 17.2 Å². The number of carbonyl (C=O) groups excluding carboxylic acids is 1. The van der Waals surface area contributed by atoms with Gasteiger partial charge < -0.3 is 10.1 Å². The van der Waals surface area contributed by atoms with Gasteiger partial charge in [-0.25, -0.2) is 9.67 Å². The Kier molecular flexibility index (Phi) is 9.64. The molecular formula is C31H29F3N6O2S2. The maximum Gasteiger partial charge on any atom is 0.573 e. The van der Waals surface area contributed by atoms with E-state index in [1.54, 1.807) is 4.90 Å². The van der Waals surface area contributed by atoms with Gasteiger partial charge in [0.25, 0.3) is 0 Å². The molecule has 0 aliphatic carbocycles. The standard InChI is InChI=1S/C31H29F3N6O2S2/c1-20-9-10-21(2)26(16-20)40-27(41)18-44-30(40)37-29(43)35-15-4-3-6-22-7-5-8-23(17-22)28-36-19-39(38-28)24-11-13-25(14-12-24)42-31(32,33)34/h5,7-14,16-17,19H,3-4,6,15,18H2,1-2H3,(H,35,43)/b37-30-. The van der Waals surface area contributed by atoms with E-state index >= 15 is 0 Å². The summed E-state index contributed by atoms with van der Waals surface area (Å²) in [5.41, 5.74) is 5.42. The van der Waals surface area contributed by atoms with Crippen molar-refractivity contribution in [3.05, 3.63) is 89.7 Å². The number of hydrogen-bond acceptors (Lipinski definition) is 6. The van der Waals surface area contributed by atoms with Gasteiger partial charge in [0.2, 0.25) is 5.91 Å². The van der Waals surface area contributed by atoms with E-state index in [0.717, 1.165) is 47.2 Å². The van der Waals surface area contributed by atoms with Gasteiger partial charge >= 0.3 is 6.36 Å². The summed E-state index contributed by atoms with van der Waals surface area (Å²) in [4.78, 5) is 23.2. The molecule has 0 saturated carbocycles. The maximum atomic E-state index is 12.6. The summed E-state index contributed by atoms with van der Waals surface area (Å²) >= 11 is 6.84. The number of hydrogen-bond donors (Lipinski definition) is 1. The number of anilines is 1. The Labute approximate surface area is 262 Å². The number of nitrogens with one attached hydrogen (secondary N) is 1. The number of thioether (sulfide) groups is 1. The highest BCUT2D eigenvalue weighted by molar-refractivity contribution is 8.15. The van der Waals surface area contributed by atoms with Crippen LogP contribution in [-0.4, -0.2) is 49.6 Å². The molecule has 1 aromatic heterocycles. The molecule has 0 spiro atoms. The number of unbranched alkanes of at least 4 members (excludes halogenated alkanes) is 1. The number of nitrogens with zero attached hydrogens (tertiary/aromatic N) is 5. The molecule has 0 atom stereocenters. The quantitative estimate of drug-likeness (QED) is 0.160. The maximum absolute atomic E-state index is 12.6. The van der Waals surface area contributed by atoms with Crippen molar-refractivity contribution in [1.82, 2.24) is 20.1 Å². The van der Waals surface area contributed by atoms with Gasteiger partial charge in [-0.15, -0.1) is 18.3 Å². The summed E-state index contributed by atoms with van der Waals surface area (Å²) in [5, 5.41) is 8.61. The minimum absolute atomic E-state index is 0.0111. The first-order valence-corrected chi connectivity index (χ1v) is 15.2. The Morgan fingerprint density at radius 3 is 2.66 bits per heavy atom. The molecule has 1 fully saturated rings. The topological polar surface area (TPSA) is 84.6 Å². The van der Waals surface area contributed by atoms with Crippen molar-refractivity contribution < 1.29 is 22.7 Å². The first-order valence-electron chi connectivity index (χ1n) is 13.8. The van der Waals surface area contributed by atoms with Crippen molar-refractivity contribution in [3.63, 3.8) is 0 Å². The highest BCUT2D eigenvalue weighted by atomic mass is 32.2. The molecule has 1 amide bonds. The first kappa shape index (κ1) is 31.2. The SMILES string of the molecule is Cc1ccc(C)c(N2C(=O)CS/C2=N\C(=S)NCCCCc2cccc(-c3ncn(-c4ccc(OC(F)(F)F)cc4)n3)c2)c1. The lowest BCUT2D eigenvalue weighted by Gasteiger charge is -2.19. The molecule has 0 bridgehead atoms. The van der Waals surface area contributed by atoms with Gasteiger partial charge in [0.15, 0.2) is 16.1 Å². The lowest BCUT2D eigenvalue weighted by Crippen LogP contribution is -2.32. The number of carbonyl (C=O) groups is 1. The number of aryl methyl sites for hydroxylation is 3. The molecule has 0 unspecified atom stereocenters. The largest absolute Gasteiger partial charge is 0.573 e. The van der Waals surface area contributed by atoms with Crippen LogP contribution in [0.5, 0.6) is 5.75 Å². The number of ether oxygens (including phenoxy) is 1. The molecular weight excluding hydrogens is 610 g/mol. The molecule has 1 saturated heterocycles. The Morgan fingerprint density at radius 2 is 1.89 bits per heavy atom. The smallest absolute Gasteiger partial charge is 0.406 e. The average Bonchev–Trinajstić information content (AvgIpc) is 3.61. The molecule has 44 heavy (non-hydrogen) atoms. The molecule has 3 aromatic carbocycles. The van der Waals surface area contributed by atoms with Crippen LogP contribution in [0.1, 0.15) is 29.5 Å². The first-order chi connectivity index (χ1) is 21.1. The van der Waals surface area contributed by atoms with Crippen LogP contribution in [0, 0.1) is 13.8 Å². The van der Waals surface area contributed by atoms with Crippen molar-refractivity contribution in [3.8, 4) is 22.8 Å². The molecule has 4 aromatic rings. The Hall–Kier alpha value is -4.23. The number of amides is 1. The third-order valence-electron chi connectivity index (χ3n) is 6.75. The zero-order valence-corrected chi connectivity index (χ0v) is 25.6. The lowest BCUT2D eigenvalue weighted by atomic mass is 10.0. The van der Waals surface area contributed by atoms with Crippen molar-refractivity contribution in [2.24, 2.45) is 4.99 Å². The van der Waals surface area contributed by atoms with Crippen LogP contribution in [0.15, 0.2) is 78.0 Å². The number of aliphatic imine (C=N–C) groups is 1. The van der Waals surface area contributed by atoms with Gasteiger partial charge in [-0.05, 0) is 98.4 Å². The van der Waals surface area contributed by atoms with Gasteiger partial charge in [0.05, 0.1) is 17.1 Å². The number of thiocarbonyl (C=S) groups is 1. The summed E-state index contributed by atoms with van der Waals surface area (Å²) in [6.07, 6.45) is -0.621. The molecule has 1 aliphatic rings. The summed E-state index contributed by atoms with van der Waals surface area (Å²) in [6, 6.07) is 19.4. The third-order valence-corrected chi connectivity index (χ3v) is 7.91. The molecule has 8 nitrogen and oxygen atoms in total. The predicted molar refractivity (Wildman–Crippen MR) is 170 cm³/mol. The minimum atomic E-state index is -4.74. The van der Waals surface area contributed by atoms with E-state index in [1.807, 2.05) is 56.3 Å². The molecule has 1 N–H and O–H groups in total. The Bertz CT molecular complexity index is 1690. The van der Waals surface area contributed by atoms with E-state index in [2.05, 4.69) is 25.1 Å². The normalized spacial score (nSPS) is 14.3. The predicted octanol–water partition coefficient (Wildman–Crippen LogP) is 6.78. The molecule has 5 rings (SSSR count). The molecule has 13 heteroatoms. The van der Waals surface area contributed by atoms with Crippen LogP contribution in [0.4, 0.5) is 18.9 Å². The van der Waals surface area contributed by atoms with Gasteiger partial charge in [0.1, 0.15) is 12.1 Å². The molecule has 1 aliphatic heterocycles. The number of rotatable bonds is 9. The summed E-state index contributed by atoms with van der Waals surface area (Å²) in [5.74, 6) is 0.524. The van der Waals surface area contributed by atoms with Crippen LogP contribution in [0.25, 0.3) is 17.1 Å². The number of halogens is 3. The van der Waals surface area contributed by atoms with Crippen molar-refractivity contribution >= 4 is 45.9 Å². The highest BCUT2D eigenvalue weighted by Gasteiger charge is 2.32. The van der Waals surface area contributed by atoms with Crippen LogP contribution in [0.2, 0.25) is 0 Å². The molecule has 2 heterocycles. The number of amidine groups is 1. The zero-order valence-electron chi connectivity index (χ0n) is 24.0. The second kappa shape index (κ2) is 13.6. The second-order valence-corrected chi connectivity index (χ2v) is 11.5. The van der Waals surface area contributed by atoms with Gasteiger partial charge in [-0.3, -0.25) is 9.69 Å². The zero-order chi connectivity index (χ0) is 31.3. The van der Waals surface area contributed by atoms with Crippen LogP contribution >= 0.6 is 24.0 Å². The third kappa shape index (κ3) is 8.03. The highest BCUT2D eigenvalue weighted by Crippen LogP contribution is 2.30. The Morgan fingerprint density at radius 1 is 1.09 bits per heavy atom. The fourth-order valence-electron chi connectivity index (χ4n) is 4.60.